The van der Waals surface area contributed by atoms with E-state index in [-0.39, 0.29) is 12.3 Å². The second-order valence-electron chi connectivity index (χ2n) is 18.8. The Morgan fingerprint density at radius 3 is 1.92 bits per heavy atom. The van der Waals surface area contributed by atoms with E-state index in [1.807, 2.05) is 0 Å². The van der Waals surface area contributed by atoms with E-state index in [1.165, 1.54) is 82.7 Å². The molecule has 0 saturated heterocycles. The second-order valence-corrected chi connectivity index (χ2v) is 18.8. The Balaban J connectivity index is 1.25. The Bertz CT molecular complexity index is 2630. The number of rotatable bonds is 5. The first-order valence-corrected chi connectivity index (χ1v) is 22.3. The zero-order chi connectivity index (χ0) is 41.1. The third kappa shape index (κ3) is 4.88. The van der Waals surface area contributed by atoms with Crippen LogP contribution in [0.4, 0.5) is 40.1 Å². The van der Waals surface area contributed by atoms with Crippen molar-refractivity contribution in [3.05, 3.63) is 156 Å². The van der Waals surface area contributed by atoms with Crippen LogP contribution in [0, 0.1) is 5.41 Å². The Labute approximate surface area is 356 Å². The molecule has 4 atom stereocenters. The van der Waals surface area contributed by atoms with Gasteiger partial charge in [-0.25, -0.2) is 9.97 Å². The fraction of sp³-hybridized carbons (Fsp3) is 0.333. The molecule has 0 bridgehead atoms. The van der Waals surface area contributed by atoms with E-state index in [0.717, 1.165) is 28.6 Å². The second kappa shape index (κ2) is 13.6. The van der Waals surface area contributed by atoms with Gasteiger partial charge in [-0.2, -0.15) is 0 Å². The number of allylic oxidation sites excluding steroid dienone is 1. The highest BCUT2D eigenvalue weighted by atomic mass is 15.5. The fourth-order valence-electron chi connectivity index (χ4n) is 12.2. The number of para-hydroxylation sites is 5. The molecule has 302 valence electrons. The lowest BCUT2D eigenvalue weighted by Gasteiger charge is -2.63. The number of aromatic nitrogens is 2. The van der Waals surface area contributed by atoms with Crippen molar-refractivity contribution in [3.8, 4) is 11.3 Å². The van der Waals surface area contributed by atoms with Crippen molar-refractivity contribution in [2.24, 2.45) is 5.41 Å². The van der Waals surface area contributed by atoms with Crippen LogP contribution in [0.1, 0.15) is 108 Å². The van der Waals surface area contributed by atoms with Crippen LogP contribution in [0.25, 0.3) is 16.8 Å². The van der Waals surface area contributed by atoms with Gasteiger partial charge in [-0.15, -0.1) is 0 Å². The topological polar surface area (TPSA) is 38.7 Å². The maximum absolute atomic E-state index is 5.85. The van der Waals surface area contributed by atoms with Gasteiger partial charge in [-0.3, -0.25) is 0 Å². The molecule has 4 aliphatic heterocycles. The summed E-state index contributed by atoms with van der Waals surface area (Å²) < 4.78 is 0. The highest BCUT2D eigenvalue weighted by Crippen LogP contribution is 2.71. The van der Waals surface area contributed by atoms with Gasteiger partial charge in [0.25, 0.3) is 0 Å². The van der Waals surface area contributed by atoms with Crippen molar-refractivity contribution >= 4 is 45.6 Å². The standard InChI is InChI=1S/C54H56N6/c1-34(2)39-26-20-27-40(35(3)4)48(39)43-33-55-49-50(56-43)60-45-30-17-15-28-42(45)53(6)36(5)41-25-14-16-29-44(41)59-47-32-19-18-31-46(47)57(37-21-10-8-11-22-37)51(59)54(53,7)52(60)58(49)38-23-12-9-13-24-38/h9,12-20,23-35,37,51-52H,5,8,10-11,21-22H2,1-4,6-7H3. The lowest BCUT2D eigenvalue weighted by molar-refractivity contribution is 0.108. The van der Waals surface area contributed by atoms with Crippen LogP contribution >= 0.6 is 0 Å². The van der Waals surface area contributed by atoms with Crippen LogP contribution in [0.2, 0.25) is 0 Å². The van der Waals surface area contributed by atoms with Gasteiger partial charge < -0.3 is 19.6 Å². The number of fused-ring (bicyclic) bond motifs is 14. The van der Waals surface area contributed by atoms with Crippen molar-refractivity contribution in [2.45, 2.75) is 109 Å². The van der Waals surface area contributed by atoms with Crippen LogP contribution < -0.4 is 19.6 Å². The molecule has 60 heavy (non-hydrogen) atoms. The van der Waals surface area contributed by atoms with Gasteiger partial charge in [-0.1, -0.05) is 152 Å². The molecule has 5 aromatic carbocycles. The highest BCUT2D eigenvalue weighted by Gasteiger charge is 2.71. The van der Waals surface area contributed by atoms with Gasteiger partial charge in [0.15, 0.2) is 11.6 Å². The summed E-state index contributed by atoms with van der Waals surface area (Å²) in [4.78, 5) is 22.1. The van der Waals surface area contributed by atoms with Crippen LogP contribution in [0.3, 0.4) is 0 Å². The normalized spacial score (nSPS) is 24.1. The van der Waals surface area contributed by atoms with E-state index in [0.29, 0.717) is 17.9 Å². The monoisotopic (exact) mass is 788 g/mol. The summed E-state index contributed by atoms with van der Waals surface area (Å²) in [5.74, 6) is 2.46. The molecule has 1 aliphatic carbocycles. The van der Waals surface area contributed by atoms with Gasteiger partial charge in [-0.05, 0) is 83.3 Å². The summed E-state index contributed by atoms with van der Waals surface area (Å²) in [5, 5.41) is 0. The maximum Gasteiger partial charge on any atom is 0.179 e. The average Bonchev–Trinajstić information content (AvgIpc) is 3.81. The van der Waals surface area contributed by atoms with Crippen LogP contribution in [-0.2, 0) is 5.41 Å². The summed E-state index contributed by atoms with van der Waals surface area (Å²) >= 11 is 0. The van der Waals surface area contributed by atoms with E-state index in [1.54, 1.807) is 0 Å². The number of hydrogen-bond donors (Lipinski definition) is 0. The first kappa shape index (κ1) is 37.1. The lowest BCUT2D eigenvalue weighted by atomic mass is 9.52. The first-order valence-electron chi connectivity index (χ1n) is 22.3. The lowest BCUT2D eigenvalue weighted by Crippen LogP contribution is -2.72. The van der Waals surface area contributed by atoms with Gasteiger partial charge in [0.05, 0.1) is 34.4 Å². The molecule has 1 saturated carbocycles. The zero-order valence-corrected chi connectivity index (χ0v) is 35.9. The molecule has 1 aromatic heterocycles. The fourth-order valence-corrected chi connectivity index (χ4v) is 12.2. The van der Waals surface area contributed by atoms with Crippen molar-refractivity contribution in [1.82, 2.24) is 9.97 Å². The Kier molecular flexibility index (Phi) is 8.40. The highest BCUT2D eigenvalue weighted by molar-refractivity contribution is 5.98. The predicted octanol–water partition coefficient (Wildman–Crippen LogP) is 13.6. The summed E-state index contributed by atoms with van der Waals surface area (Å²) in [6, 6.07) is 45.6. The number of hydrogen-bond acceptors (Lipinski definition) is 6. The van der Waals surface area contributed by atoms with Crippen molar-refractivity contribution < 1.29 is 0 Å². The van der Waals surface area contributed by atoms with Gasteiger partial charge in [0.2, 0.25) is 0 Å². The minimum atomic E-state index is -0.550. The molecular weight excluding hydrogens is 733 g/mol. The van der Waals surface area contributed by atoms with E-state index < -0.39 is 10.8 Å². The van der Waals surface area contributed by atoms with E-state index in [2.05, 4.69) is 189 Å². The van der Waals surface area contributed by atoms with E-state index in [9.17, 15) is 0 Å². The van der Waals surface area contributed by atoms with Gasteiger partial charge in [0.1, 0.15) is 12.3 Å². The van der Waals surface area contributed by atoms with Gasteiger partial charge >= 0.3 is 0 Å². The molecule has 5 aliphatic rings. The summed E-state index contributed by atoms with van der Waals surface area (Å²) in [5.41, 5.74) is 13.4. The zero-order valence-electron chi connectivity index (χ0n) is 35.9. The minimum Gasteiger partial charge on any atom is -0.345 e. The molecule has 0 N–H and O–H groups in total. The number of anilines is 7. The molecule has 11 rings (SSSR count). The Morgan fingerprint density at radius 2 is 1.22 bits per heavy atom. The number of benzene rings is 5. The smallest absolute Gasteiger partial charge is 0.179 e. The summed E-state index contributed by atoms with van der Waals surface area (Å²) in [6.45, 7) is 19.5. The molecule has 0 amide bonds. The van der Waals surface area contributed by atoms with Crippen LogP contribution in [0.5, 0.6) is 0 Å². The summed E-state index contributed by atoms with van der Waals surface area (Å²) in [6.07, 6.45) is 7.92. The van der Waals surface area contributed by atoms with Crippen LogP contribution in [-0.4, -0.2) is 28.3 Å². The third-order valence-electron chi connectivity index (χ3n) is 15.2. The quantitative estimate of drug-likeness (QED) is 0.173. The van der Waals surface area contributed by atoms with Crippen molar-refractivity contribution in [3.63, 3.8) is 0 Å². The largest absolute Gasteiger partial charge is 0.345 e. The first-order chi connectivity index (χ1) is 29.2. The Morgan fingerprint density at radius 1 is 0.600 bits per heavy atom. The van der Waals surface area contributed by atoms with Crippen LogP contribution in [0.15, 0.2) is 134 Å². The molecule has 6 nitrogen and oxygen atoms in total. The molecule has 6 aromatic rings. The summed E-state index contributed by atoms with van der Waals surface area (Å²) in [7, 11) is 0. The maximum atomic E-state index is 5.85. The van der Waals surface area contributed by atoms with Gasteiger partial charge in [0, 0.05) is 34.0 Å². The molecule has 6 heteroatoms. The molecule has 0 spiro atoms. The predicted molar refractivity (Wildman–Crippen MR) is 249 cm³/mol. The minimum absolute atomic E-state index is 0.0709. The van der Waals surface area contributed by atoms with Crippen molar-refractivity contribution in [2.75, 3.05) is 19.6 Å². The van der Waals surface area contributed by atoms with E-state index >= 15 is 0 Å². The average molecular weight is 789 g/mol. The Hall–Kier alpha value is -5.88. The molecule has 1 fully saturated rings. The van der Waals surface area contributed by atoms with E-state index in [4.69, 9.17) is 16.5 Å². The van der Waals surface area contributed by atoms with Crippen molar-refractivity contribution in [1.29, 1.82) is 0 Å². The molecule has 5 heterocycles. The SMILES string of the molecule is C=C1c2ccccc2N2c3ccccc3N(C3CCCCC3)C2C2(C)C3N(c4ccccc4)c4ncc(-c5c(C(C)C)cccc5C(C)C)nc4N3c3ccccc3C12C. The molecular formula is C54H56N6. The molecule has 0 radical (unpaired) electrons. The number of nitrogens with zero attached hydrogens (tertiary/aromatic N) is 6. The molecule has 4 unspecified atom stereocenters. The third-order valence-corrected chi connectivity index (χ3v) is 15.2.